The van der Waals surface area contributed by atoms with Crippen molar-refractivity contribution in [3.8, 4) is 0 Å². The Morgan fingerprint density at radius 2 is 2.12 bits per heavy atom. The number of rotatable bonds is 5. The molecule has 0 aromatic carbocycles. The third-order valence-electron chi connectivity index (χ3n) is 3.61. The molecule has 0 unspecified atom stereocenters. The number of hydrogen-bond acceptors (Lipinski definition) is 3. The van der Waals surface area contributed by atoms with E-state index in [1.54, 1.807) is 0 Å². The van der Waals surface area contributed by atoms with Crippen LogP contribution in [0.1, 0.15) is 33.6 Å². The molecule has 2 fully saturated rings. The fourth-order valence-corrected chi connectivity index (χ4v) is 2.12. The lowest BCUT2D eigenvalue weighted by molar-refractivity contribution is -0.137. The topological polar surface area (TPSA) is 50.4 Å². The van der Waals surface area contributed by atoms with Crippen LogP contribution in [0.3, 0.4) is 0 Å². The van der Waals surface area contributed by atoms with Gasteiger partial charge in [-0.2, -0.15) is 0 Å². The van der Waals surface area contributed by atoms with E-state index in [0.29, 0.717) is 5.92 Å². The minimum absolute atomic E-state index is 0.00465. The summed E-state index contributed by atoms with van der Waals surface area (Å²) in [6.45, 7) is 8.07. The third kappa shape index (κ3) is 2.74. The van der Waals surface area contributed by atoms with Crippen molar-refractivity contribution < 1.29 is 9.53 Å². The molecule has 2 aliphatic rings. The number of ether oxygens (including phenoxy) is 1. The van der Waals surface area contributed by atoms with E-state index in [1.807, 2.05) is 6.92 Å². The number of amides is 1. The van der Waals surface area contributed by atoms with Crippen LogP contribution < -0.4 is 10.6 Å². The summed E-state index contributed by atoms with van der Waals surface area (Å²) in [5.41, 5.74) is -0.208. The minimum atomic E-state index is -0.138. The van der Waals surface area contributed by atoms with E-state index in [4.69, 9.17) is 4.74 Å². The second-order valence-electron chi connectivity index (χ2n) is 5.89. The fourth-order valence-electron chi connectivity index (χ4n) is 2.12. The van der Waals surface area contributed by atoms with Gasteiger partial charge in [0.1, 0.15) is 6.61 Å². The molecule has 1 saturated carbocycles. The van der Waals surface area contributed by atoms with Gasteiger partial charge in [-0.25, -0.2) is 0 Å². The molecule has 0 aromatic rings. The molecule has 0 aromatic heterocycles. The standard InChI is InChI=1S/C12H22N2O2/c1-11(2,9-4-5-9)14-10(15)6-16-12(3)7-13-8-12/h9,13H,4-8H2,1-3H3,(H,14,15). The molecule has 1 amide bonds. The van der Waals surface area contributed by atoms with Crippen LogP contribution >= 0.6 is 0 Å². The molecule has 1 heterocycles. The average molecular weight is 226 g/mol. The summed E-state index contributed by atoms with van der Waals surface area (Å²) < 4.78 is 5.60. The molecule has 1 aliphatic heterocycles. The van der Waals surface area contributed by atoms with Crippen molar-refractivity contribution in [2.45, 2.75) is 44.8 Å². The number of carbonyl (C=O) groups excluding carboxylic acids is 1. The van der Waals surface area contributed by atoms with E-state index >= 15 is 0 Å². The molecule has 16 heavy (non-hydrogen) atoms. The van der Waals surface area contributed by atoms with E-state index in [1.165, 1.54) is 12.8 Å². The molecule has 0 spiro atoms. The normalized spacial score (nSPS) is 23.7. The maximum absolute atomic E-state index is 11.7. The smallest absolute Gasteiger partial charge is 0.246 e. The second kappa shape index (κ2) is 4.00. The van der Waals surface area contributed by atoms with E-state index in [0.717, 1.165) is 13.1 Å². The molecular formula is C12H22N2O2. The lowest BCUT2D eigenvalue weighted by Crippen LogP contribution is -2.60. The molecule has 2 N–H and O–H groups in total. The third-order valence-corrected chi connectivity index (χ3v) is 3.61. The number of hydrogen-bond donors (Lipinski definition) is 2. The van der Waals surface area contributed by atoms with E-state index < -0.39 is 0 Å². The molecule has 0 atom stereocenters. The maximum Gasteiger partial charge on any atom is 0.246 e. The Hall–Kier alpha value is -0.610. The van der Waals surface area contributed by atoms with Gasteiger partial charge in [0.05, 0.1) is 5.60 Å². The Morgan fingerprint density at radius 3 is 2.56 bits per heavy atom. The van der Waals surface area contributed by atoms with Gasteiger partial charge in [-0.15, -0.1) is 0 Å². The Morgan fingerprint density at radius 1 is 1.50 bits per heavy atom. The van der Waals surface area contributed by atoms with Crippen molar-refractivity contribution in [2.75, 3.05) is 19.7 Å². The number of nitrogens with one attached hydrogen (secondary N) is 2. The quantitative estimate of drug-likeness (QED) is 0.724. The maximum atomic E-state index is 11.7. The monoisotopic (exact) mass is 226 g/mol. The van der Waals surface area contributed by atoms with Gasteiger partial charge >= 0.3 is 0 Å². The van der Waals surface area contributed by atoms with Crippen LogP contribution in [0.5, 0.6) is 0 Å². The van der Waals surface area contributed by atoms with Crippen LogP contribution in [0.15, 0.2) is 0 Å². The molecule has 92 valence electrons. The van der Waals surface area contributed by atoms with Gasteiger partial charge in [-0.3, -0.25) is 4.79 Å². The van der Waals surface area contributed by atoms with Crippen molar-refractivity contribution in [2.24, 2.45) is 5.92 Å². The SMILES string of the molecule is CC1(OCC(=O)NC(C)(C)C2CC2)CNC1. The highest BCUT2D eigenvalue weighted by Crippen LogP contribution is 2.39. The Balaban J connectivity index is 1.71. The van der Waals surface area contributed by atoms with Crippen LogP contribution in [0.4, 0.5) is 0 Å². The van der Waals surface area contributed by atoms with Gasteiger partial charge in [-0.05, 0) is 39.5 Å². The van der Waals surface area contributed by atoms with E-state index in [9.17, 15) is 4.79 Å². The van der Waals surface area contributed by atoms with Gasteiger partial charge in [0.2, 0.25) is 5.91 Å². The van der Waals surface area contributed by atoms with Crippen LogP contribution in [0, 0.1) is 5.92 Å². The zero-order valence-corrected chi connectivity index (χ0v) is 10.4. The molecular weight excluding hydrogens is 204 g/mol. The van der Waals surface area contributed by atoms with Crippen LogP contribution in [0.25, 0.3) is 0 Å². The van der Waals surface area contributed by atoms with Crippen LogP contribution in [-0.2, 0) is 9.53 Å². The summed E-state index contributed by atoms with van der Waals surface area (Å²) >= 11 is 0. The summed E-state index contributed by atoms with van der Waals surface area (Å²) in [4.78, 5) is 11.7. The highest BCUT2D eigenvalue weighted by atomic mass is 16.5. The van der Waals surface area contributed by atoms with Crippen molar-refractivity contribution >= 4 is 5.91 Å². The zero-order chi connectivity index (χ0) is 11.8. The first kappa shape index (κ1) is 11.9. The first-order valence-corrected chi connectivity index (χ1v) is 6.07. The predicted octanol–water partition coefficient (Wildman–Crippen LogP) is 0.670. The van der Waals surface area contributed by atoms with Gasteiger partial charge in [0, 0.05) is 18.6 Å². The predicted molar refractivity (Wildman–Crippen MR) is 62.2 cm³/mol. The van der Waals surface area contributed by atoms with E-state index in [-0.39, 0.29) is 23.7 Å². The first-order chi connectivity index (χ1) is 7.41. The van der Waals surface area contributed by atoms with Gasteiger partial charge in [0.25, 0.3) is 0 Å². The summed E-state index contributed by atoms with van der Waals surface area (Å²) in [7, 11) is 0. The summed E-state index contributed by atoms with van der Waals surface area (Å²) in [6.07, 6.45) is 2.46. The van der Waals surface area contributed by atoms with Crippen LogP contribution in [-0.4, -0.2) is 36.7 Å². The largest absolute Gasteiger partial charge is 0.363 e. The van der Waals surface area contributed by atoms with Gasteiger partial charge in [-0.1, -0.05) is 0 Å². The molecule has 0 radical (unpaired) electrons. The Labute approximate surface area is 97.1 Å². The number of carbonyl (C=O) groups is 1. The lowest BCUT2D eigenvalue weighted by Gasteiger charge is -2.39. The van der Waals surface area contributed by atoms with Crippen molar-refractivity contribution in [3.05, 3.63) is 0 Å². The van der Waals surface area contributed by atoms with Crippen LogP contribution in [0.2, 0.25) is 0 Å². The fraction of sp³-hybridized carbons (Fsp3) is 0.917. The van der Waals surface area contributed by atoms with Crippen molar-refractivity contribution in [1.82, 2.24) is 10.6 Å². The Kier molecular flexibility index (Phi) is 2.97. The van der Waals surface area contributed by atoms with Gasteiger partial charge < -0.3 is 15.4 Å². The summed E-state index contributed by atoms with van der Waals surface area (Å²) in [5.74, 6) is 0.655. The summed E-state index contributed by atoms with van der Waals surface area (Å²) in [6, 6.07) is 0. The minimum Gasteiger partial charge on any atom is -0.363 e. The van der Waals surface area contributed by atoms with Crippen molar-refractivity contribution in [1.29, 1.82) is 0 Å². The van der Waals surface area contributed by atoms with Gasteiger partial charge in [0.15, 0.2) is 0 Å². The Bertz CT molecular complexity index is 281. The first-order valence-electron chi connectivity index (χ1n) is 6.07. The molecule has 1 aliphatic carbocycles. The average Bonchev–Trinajstić information content (AvgIpc) is 2.93. The molecule has 4 nitrogen and oxygen atoms in total. The lowest BCUT2D eigenvalue weighted by atomic mass is 9.98. The van der Waals surface area contributed by atoms with E-state index in [2.05, 4.69) is 24.5 Å². The molecule has 0 bridgehead atoms. The highest BCUT2D eigenvalue weighted by molar-refractivity contribution is 5.78. The summed E-state index contributed by atoms with van der Waals surface area (Å²) in [5, 5.41) is 6.20. The van der Waals surface area contributed by atoms with Crippen molar-refractivity contribution in [3.63, 3.8) is 0 Å². The molecule has 1 saturated heterocycles. The molecule has 2 rings (SSSR count). The molecule has 4 heteroatoms. The second-order valence-corrected chi connectivity index (χ2v) is 5.89. The zero-order valence-electron chi connectivity index (χ0n) is 10.4. The highest BCUT2D eigenvalue weighted by Gasteiger charge is 2.39.